The highest BCUT2D eigenvalue weighted by Gasteiger charge is 2.38. The summed E-state index contributed by atoms with van der Waals surface area (Å²) in [6.45, 7) is 2.40. The van der Waals surface area contributed by atoms with Crippen molar-refractivity contribution in [2.75, 3.05) is 19.8 Å². The van der Waals surface area contributed by atoms with Crippen molar-refractivity contribution in [3.63, 3.8) is 0 Å². The molecule has 2 atom stereocenters. The fraction of sp³-hybridized carbons (Fsp3) is 1.00. The van der Waals surface area contributed by atoms with Crippen LogP contribution in [0, 0.1) is 11.8 Å². The van der Waals surface area contributed by atoms with E-state index in [2.05, 4.69) is 10.6 Å². The normalized spacial score (nSPS) is 42.8. The van der Waals surface area contributed by atoms with Crippen molar-refractivity contribution < 1.29 is 5.11 Å². The van der Waals surface area contributed by atoms with Gasteiger partial charge in [-0.1, -0.05) is 0 Å². The monoisotopic (exact) mass is 156 g/mol. The lowest BCUT2D eigenvalue weighted by Crippen LogP contribution is -2.49. The van der Waals surface area contributed by atoms with Gasteiger partial charge in [0.25, 0.3) is 0 Å². The van der Waals surface area contributed by atoms with Crippen LogP contribution in [0.3, 0.4) is 0 Å². The maximum atomic E-state index is 8.75. The molecule has 11 heavy (non-hydrogen) atoms. The van der Waals surface area contributed by atoms with E-state index in [0.29, 0.717) is 6.04 Å². The quantitative estimate of drug-likeness (QED) is 0.473. The van der Waals surface area contributed by atoms with E-state index < -0.39 is 0 Å². The first-order valence-corrected chi connectivity index (χ1v) is 4.47. The van der Waals surface area contributed by atoms with Gasteiger partial charge in [-0.2, -0.15) is 0 Å². The van der Waals surface area contributed by atoms with Crippen LogP contribution >= 0.6 is 0 Å². The second kappa shape index (κ2) is 3.09. The van der Waals surface area contributed by atoms with Crippen LogP contribution in [0.25, 0.3) is 0 Å². The minimum Gasteiger partial charge on any atom is -0.381 e. The van der Waals surface area contributed by atoms with Crippen LogP contribution in [0.4, 0.5) is 0 Å². The molecule has 0 radical (unpaired) electrons. The fourth-order valence-corrected chi connectivity index (χ4v) is 2.52. The molecule has 2 bridgehead atoms. The average molecular weight is 156 g/mol. The van der Waals surface area contributed by atoms with E-state index in [9.17, 15) is 0 Å². The lowest BCUT2D eigenvalue weighted by Gasteiger charge is -2.30. The second-order valence-corrected chi connectivity index (χ2v) is 3.64. The Balaban J connectivity index is 1.97. The zero-order valence-electron chi connectivity index (χ0n) is 6.71. The van der Waals surface area contributed by atoms with E-state index in [1.165, 1.54) is 12.8 Å². The fourth-order valence-electron chi connectivity index (χ4n) is 2.52. The number of fused-ring (bicyclic) bond motifs is 2. The van der Waals surface area contributed by atoms with E-state index in [1.807, 2.05) is 0 Å². The van der Waals surface area contributed by atoms with Gasteiger partial charge >= 0.3 is 0 Å². The third-order valence-corrected chi connectivity index (χ3v) is 3.06. The molecule has 64 valence electrons. The van der Waals surface area contributed by atoms with Gasteiger partial charge in [-0.15, -0.1) is 0 Å². The maximum Gasteiger partial charge on any atom is 0.0933 e. The molecule has 2 fully saturated rings. The first-order valence-electron chi connectivity index (χ1n) is 4.47. The van der Waals surface area contributed by atoms with Crippen LogP contribution in [0.15, 0.2) is 0 Å². The van der Waals surface area contributed by atoms with Gasteiger partial charge in [-0.05, 0) is 37.8 Å². The van der Waals surface area contributed by atoms with Crippen molar-refractivity contribution >= 4 is 0 Å². The van der Waals surface area contributed by atoms with Gasteiger partial charge in [0.1, 0.15) is 0 Å². The van der Waals surface area contributed by atoms with E-state index in [-0.39, 0.29) is 6.73 Å². The zero-order chi connectivity index (χ0) is 7.68. The smallest absolute Gasteiger partial charge is 0.0933 e. The Kier molecular flexibility index (Phi) is 2.11. The van der Waals surface area contributed by atoms with E-state index >= 15 is 0 Å². The number of aliphatic hydroxyl groups is 1. The summed E-state index contributed by atoms with van der Waals surface area (Å²) in [6, 6.07) is 0.584. The number of hydrogen-bond donors (Lipinski definition) is 3. The van der Waals surface area contributed by atoms with Crippen LogP contribution in [0.5, 0.6) is 0 Å². The van der Waals surface area contributed by atoms with Crippen LogP contribution in [0.2, 0.25) is 0 Å². The van der Waals surface area contributed by atoms with Crippen LogP contribution in [0.1, 0.15) is 12.8 Å². The number of rotatable bonds is 2. The number of aliphatic hydroxyl groups excluding tert-OH is 1. The summed E-state index contributed by atoms with van der Waals surface area (Å²) in [4.78, 5) is 0. The lowest BCUT2D eigenvalue weighted by atomic mass is 9.94. The van der Waals surface area contributed by atoms with Crippen molar-refractivity contribution in [2.45, 2.75) is 18.9 Å². The largest absolute Gasteiger partial charge is 0.381 e. The first kappa shape index (κ1) is 7.53. The summed E-state index contributed by atoms with van der Waals surface area (Å²) >= 11 is 0. The van der Waals surface area contributed by atoms with Crippen LogP contribution in [-0.2, 0) is 0 Å². The highest BCUT2D eigenvalue weighted by molar-refractivity contribution is 4.95. The van der Waals surface area contributed by atoms with Gasteiger partial charge in [0.15, 0.2) is 0 Å². The molecule has 3 heteroatoms. The van der Waals surface area contributed by atoms with Crippen molar-refractivity contribution in [3.8, 4) is 0 Å². The zero-order valence-corrected chi connectivity index (χ0v) is 6.71. The predicted octanol–water partition coefficient (Wildman–Crippen LogP) is -0.476. The molecule has 0 aromatic heterocycles. The summed E-state index contributed by atoms with van der Waals surface area (Å²) in [5, 5.41) is 15.3. The molecule has 3 N–H and O–H groups in total. The molecule has 0 spiro atoms. The van der Waals surface area contributed by atoms with Crippen molar-refractivity contribution in [1.82, 2.24) is 10.6 Å². The van der Waals surface area contributed by atoms with Gasteiger partial charge in [0, 0.05) is 6.04 Å². The third-order valence-electron chi connectivity index (χ3n) is 3.06. The SMILES string of the molecule is OCNC1C2CCC1CNC2. The van der Waals surface area contributed by atoms with E-state index in [1.54, 1.807) is 0 Å². The molecule has 2 unspecified atom stereocenters. The Hall–Kier alpha value is -0.120. The Labute approximate surface area is 67.2 Å². The Bertz CT molecular complexity index is 124. The molecule has 1 saturated heterocycles. The van der Waals surface area contributed by atoms with Gasteiger partial charge in [-0.25, -0.2) is 0 Å². The van der Waals surface area contributed by atoms with Gasteiger partial charge in [-0.3, -0.25) is 5.32 Å². The molecule has 1 aliphatic carbocycles. The summed E-state index contributed by atoms with van der Waals surface area (Å²) in [6.07, 6.45) is 2.66. The molecule has 0 aromatic rings. The minimum absolute atomic E-state index is 0.137. The molecule has 1 heterocycles. The molecule has 2 rings (SSSR count). The lowest BCUT2D eigenvalue weighted by molar-refractivity contribution is 0.187. The summed E-state index contributed by atoms with van der Waals surface area (Å²) in [5.74, 6) is 1.53. The van der Waals surface area contributed by atoms with Gasteiger partial charge < -0.3 is 10.4 Å². The third kappa shape index (κ3) is 1.28. The standard InChI is InChI=1S/C8H16N2O/c11-5-10-8-6-1-2-7(8)4-9-3-6/h6-11H,1-5H2. The molecule has 0 aromatic carbocycles. The van der Waals surface area contributed by atoms with Gasteiger partial charge in [0.2, 0.25) is 0 Å². The first-order chi connectivity index (χ1) is 5.42. The number of hydrogen-bond acceptors (Lipinski definition) is 3. The highest BCUT2D eigenvalue weighted by Crippen LogP contribution is 2.33. The Morgan fingerprint density at radius 1 is 1.27 bits per heavy atom. The maximum absolute atomic E-state index is 8.75. The molecule has 1 saturated carbocycles. The van der Waals surface area contributed by atoms with Crippen LogP contribution < -0.4 is 10.6 Å². The van der Waals surface area contributed by atoms with E-state index in [4.69, 9.17) is 5.11 Å². The molecular weight excluding hydrogens is 140 g/mol. The second-order valence-electron chi connectivity index (χ2n) is 3.64. The highest BCUT2D eigenvalue weighted by atomic mass is 16.3. The van der Waals surface area contributed by atoms with Crippen molar-refractivity contribution in [1.29, 1.82) is 0 Å². The molecule has 3 nitrogen and oxygen atoms in total. The average Bonchev–Trinajstić information content (AvgIpc) is 2.30. The molecule has 0 amide bonds. The van der Waals surface area contributed by atoms with Gasteiger partial charge in [0.05, 0.1) is 6.73 Å². The Morgan fingerprint density at radius 2 is 1.91 bits per heavy atom. The predicted molar refractivity (Wildman–Crippen MR) is 43.1 cm³/mol. The summed E-state index contributed by atoms with van der Waals surface area (Å²) < 4.78 is 0. The molecule has 2 aliphatic rings. The van der Waals surface area contributed by atoms with Crippen molar-refractivity contribution in [2.24, 2.45) is 11.8 Å². The summed E-state index contributed by atoms with van der Waals surface area (Å²) in [5.41, 5.74) is 0. The minimum atomic E-state index is 0.137. The van der Waals surface area contributed by atoms with E-state index in [0.717, 1.165) is 24.9 Å². The topological polar surface area (TPSA) is 44.3 Å². The number of piperidine rings is 1. The Morgan fingerprint density at radius 3 is 2.45 bits per heavy atom. The number of nitrogens with one attached hydrogen (secondary N) is 2. The van der Waals surface area contributed by atoms with Crippen molar-refractivity contribution in [3.05, 3.63) is 0 Å². The molecule has 1 aliphatic heterocycles. The molecular formula is C8H16N2O. The van der Waals surface area contributed by atoms with Crippen LogP contribution in [-0.4, -0.2) is 31.0 Å². The summed E-state index contributed by atoms with van der Waals surface area (Å²) in [7, 11) is 0.